The summed E-state index contributed by atoms with van der Waals surface area (Å²) < 4.78 is 0. The largest absolute Gasteiger partial charge is 0.478 e. The first kappa shape index (κ1) is 11.6. The summed E-state index contributed by atoms with van der Waals surface area (Å²) in [5, 5.41) is 8.98. The number of nitrogens with zero attached hydrogens (tertiary/aromatic N) is 1. The molecule has 1 aromatic carbocycles. The van der Waals surface area contributed by atoms with Crippen LogP contribution in [0.3, 0.4) is 0 Å². The van der Waals surface area contributed by atoms with E-state index in [1.54, 1.807) is 23.1 Å². The van der Waals surface area contributed by atoms with E-state index < -0.39 is 5.97 Å². The Morgan fingerprint density at radius 1 is 1.35 bits per heavy atom. The van der Waals surface area contributed by atoms with E-state index >= 15 is 0 Å². The number of amides is 1. The summed E-state index contributed by atoms with van der Waals surface area (Å²) in [7, 11) is 0. The number of rotatable bonds is 1. The summed E-state index contributed by atoms with van der Waals surface area (Å²) in [6.45, 7) is 6.15. The Hall–Kier alpha value is -1.84. The van der Waals surface area contributed by atoms with Gasteiger partial charge in [-0.05, 0) is 23.8 Å². The second kappa shape index (κ2) is 3.58. The van der Waals surface area contributed by atoms with Crippen LogP contribution in [0.2, 0.25) is 0 Å². The van der Waals surface area contributed by atoms with Crippen molar-refractivity contribution in [1.29, 1.82) is 0 Å². The molecular formula is C13H15NO3. The number of anilines is 1. The van der Waals surface area contributed by atoms with E-state index in [0.29, 0.717) is 6.54 Å². The zero-order chi connectivity index (χ0) is 12.8. The fraction of sp³-hybridized carbons (Fsp3) is 0.385. The molecule has 4 heteroatoms. The van der Waals surface area contributed by atoms with Gasteiger partial charge in [-0.2, -0.15) is 0 Å². The van der Waals surface area contributed by atoms with Crippen molar-refractivity contribution in [3.8, 4) is 0 Å². The van der Waals surface area contributed by atoms with Gasteiger partial charge in [0.1, 0.15) is 0 Å². The Kier molecular flexibility index (Phi) is 2.45. The summed E-state index contributed by atoms with van der Waals surface area (Å²) in [6, 6.07) is 4.92. The standard InChI is InChI=1S/C13H15NO3/c1-8(15)14-7-13(2,3)10-6-9(12(16)17)4-5-11(10)14/h4-6H,7H2,1-3H3,(H,16,17). The highest BCUT2D eigenvalue weighted by Gasteiger charge is 2.37. The molecule has 0 aromatic heterocycles. The minimum atomic E-state index is -0.940. The number of benzene rings is 1. The third-order valence-electron chi connectivity index (χ3n) is 3.20. The smallest absolute Gasteiger partial charge is 0.335 e. The lowest BCUT2D eigenvalue weighted by Crippen LogP contribution is -2.31. The molecule has 17 heavy (non-hydrogen) atoms. The Labute approximate surface area is 99.9 Å². The van der Waals surface area contributed by atoms with E-state index in [4.69, 9.17) is 5.11 Å². The Morgan fingerprint density at radius 2 is 2.00 bits per heavy atom. The highest BCUT2D eigenvalue weighted by Crippen LogP contribution is 2.40. The molecule has 1 amide bonds. The molecule has 0 atom stereocenters. The lowest BCUT2D eigenvalue weighted by molar-refractivity contribution is -0.116. The molecule has 0 radical (unpaired) electrons. The second-order valence-electron chi connectivity index (χ2n) is 5.03. The third-order valence-corrected chi connectivity index (χ3v) is 3.20. The van der Waals surface area contributed by atoms with Gasteiger partial charge in [-0.1, -0.05) is 13.8 Å². The van der Waals surface area contributed by atoms with Gasteiger partial charge in [0.15, 0.2) is 0 Å². The number of hydrogen-bond donors (Lipinski definition) is 1. The summed E-state index contributed by atoms with van der Waals surface area (Å²) in [6.07, 6.45) is 0. The average Bonchev–Trinajstić information content (AvgIpc) is 2.51. The Balaban J connectivity index is 2.57. The molecule has 2 rings (SSSR count). The van der Waals surface area contributed by atoms with Crippen LogP contribution in [0.15, 0.2) is 18.2 Å². The van der Waals surface area contributed by atoms with Gasteiger partial charge in [0.05, 0.1) is 5.56 Å². The predicted octanol–water partition coefficient (Wildman–Crippen LogP) is 2.03. The summed E-state index contributed by atoms with van der Waals surface area (Å²) in [5.41, 5.74) is 1.81. The van der Waals surface area contributed by atoms with Crippen molar-refractivity contribution in [3.05, 3.63) is 29.3 Å². The molecule has 4 nitrogen and oxygen atoms in total. The molecule has 1 aliphatic heterocycles. The number of fused-ring (bicyclic) bond motifs is 1. The van der Waals surface area contributed by atoms with Crippen molar-refractivity contribution < 1.29 is 14.7 Å². The van der Waals surface area contributed by atoms with E-state index in [1.165, 1.54) is 6.92 Å². The molecule has 0 spiro atoms. The number of aromatic carboxylic acids is 1. The van der Waals surface area contributed by atoms with Gasteiger partial charge in [0.25, 0.3) is 0 Å². The van der Waals surface area contributed by atoms with E-state index in [1.807, 2.05) is 13.8 Å². The quantitative estimate of drug-likeness (QED) is 0.807. The molecule has 0 bridgehead atoms. The van der Waals surface area contributed by atoms with Gasteiger partial charge in [0, 0.05) is 24.6 Å². The highest BCUT2D eigenvalue weighted by atomic mass is 16.4. The molecule has 1 heterocycles. The summed E-state index contributed by atoms with van der Waals surface area (Å²) in [4.78, 5) is 24.2. The van der Waals surface area contributed by atoms with Crippen LogP contribution in [0.25, 0.3) is 0 Å². The minimum absolute atomic E-state index is 0.0140. The molecule has 0 saturated carbocycles. The summed E-state index contributed by atoms with van der Waals surface area (Å²) in [5.74, 6) is -0.954. The average molecular weight is 233 g/mol. The van der Waals surface area contributed by atoms with Crippen LogP contribution < -0.4 is 4.90 Å². The number of hydrogen-bond acceptors (Lipinski definition) is 2. The molecule has 1 N–H and O–H groups in total. The van der Waals surface area contributed by atoms with Crippen LogP contribution in [-0.4, -0.2) is 23.5 Å². The van der Waals surface area contributed by atoms with Crippen LogP contribution in [0, 0.1) is 0 Å². The SMILES string of the molecule is CC(=O)N1CC(C)(C)c2cc(C(=O)O)ccc21. The van der Waals surface area contributed by atoms with Crippen molar-refractivity contribution >= 4 is 17.6 Å². The topological polar surface area (TPSA) is 57.6 Å². The van der Waals surface area contributed by atoms with Crippen molar-refractivity contribution in [3.63, 3.8) is 0 Å². The molecule has 0 unspecified atom stereocenters. The molecule has 1 aliphatic rings. The number of carbonyl (C=O) groups is 2. The predicted molar refractivity (Wildman–Crippen MR) is 64.5 cm³/mol. The van der Waals surface area contributed by atoms with Crippen LogP contribution >= 0.6 is 0 Å². The zero-order valence-corrected chi connectivity index (χ0v) is 10.2. The fourth-order valence-corrected chi connectivity index (χ4v) is 2.29. The van der Waals surface area contributed by atoms with E-state index in [-0.39, 0.29) is 16.9 Å². The van der Waals surface area contributed by atoms with Crippen molar-refractivity contribution in [2.75, 3.05) is 11.4 Å². The highest BCUT2D eigenvalue weighted by molar-refractivity contribution is 5.96. The fourth-order valence-electron chi connectivity index (χ4n) is 2.29. The van der Waals surface area contributed by atoms with Gasteiger partial charge in [-0.25, -0.2) is 4.79 Å². The van der Waals surface area contributed by atoms with Crippen LogP contribution in [0.5, 0.6) is 0 Å². The molecule has 1 aromatic rings. The molecular weight excluding hydrogens is 218 g/mol. The Morgan fingerprint density at radius 3 is 2.53 bits per heavy atom. The summed E-state index contributed by atoms with van der Waals surface area (Å²) >= 11 is 0. The number of carboxylic acids is 1. The first-order valence-corrected chi connectivity index (χ1v) is 5.49. The van der Waals surface area contributed by atoms with Crippen LogP contribution in [0.1, 0.15) is 36.7 Å². The maximum atomic E-state index is 11.5. The van der Waals surface area contributed by atoms with Crippen LogP contribution in [0.4, 0.5) is 5.69 Å². The number of carbonyl (C=O) groups excluding carboxylic acids is 1. The van der Waals surface area contributed by atoms with Gasteiger partial charge >= 0.3 is 5.97 Å². The van der Waals surface area contributed by atoms with Gasteiger partial charge < -0.3 is 10.0 Å². The maximum absolute atomic E-state index is 11.5. The van der Waals surface area contributed by atoms with E-state index in [2.05, 4.69) is 0 Å². The van der Waals surface area contributed by atoms with Crippen molar-refractivity contribution in [2.24, 2.45) is 0 Å². The third kappa shape index (κ3) is 1.79. The molecule has 0 aliphatic carbocycles. The molecule has 90 valence electrons. The first-order valence-electron chi connectivity index (χ1n) is 5.49. The number of carboxylic acid groups (broad SMARTS) is 1. The normalized spacial score (nSPS) is 16.8. The lowest BCUT2D eigenvalue weighted by Gasteiger charge is -2.19. The monoisotopic (exact) mass is 233 g/mol. The van der Waals surface area contributed by atoms with Crippen LogP contribution in [-0.2, 0) is 10.2 Å². The molecule has 0 fully saturated rings. The molecule has 0 saturated heterocycles. The zero-order valence-electron chi connectivity index (χ0n) is 10.2. The lowest BCUT2D eigenvalue weighted by atomic mass is 9.86. The van der Waals surface area contributed by atoms with E-state index in [9.17, 15) is 9.59 Å². The van der Waals surface area contributed by atoms with E-state index in [0.717, 1.165) is 11.3 Å². The maximum Gasteiger partial charge on any atom is 0.335 e. The van der Waals surface area contributed by atoms with Crippen molar-refractivity contribution in [2.45, 2.75) is 26.2 Å². The van der Waals surface area contributed by atoms with Crippen molar-refractivity contribution in [1.82, 2.24) is 0 Å². The van der Waals surface area contributed by atoms with Gasteiger partial charge in [-0.3, -0.25) is 4.79 Å². The first-order chi connectivity index (χ1) is 7.83. The Bertz CT molecular complexity index is 505. The van der Waals surface area contributed by atoms with Gasteiger partial charge in [-0.15, -0.1) is 0 Å². The van der Waals surface area contributed by atoms with Gasteiger partial charge in [0.2, 0.25) is 5.91 Å². The minimum Gasteiger partial charge on any atom is -0.478 e. The second-order valence-corrected chi connectivity index (χ2v) is 5.03.